The second kappa shape index (κ2) is 7.23. The molecule has 0 saturated heterocycles. The predicted molar refractivity (Wildman–Crippen MR) is 106 cm³/mol. The van der Waals surface area contributed by atoms with E-state index in [1.807, 2.05) is 36.5 Å². The van der Waals surface area contributed by atoms with Crippen molar-refractivity contribution in [2.75, 3.05) is 0 Å². The molecule has 0 atom stereocenters. The van der Waals surface area contributed by atoms with Crippen LogP contribution < -0.4 is 16.6 Å². The highest BCUT2D eigenvalue weighted by atomic mass is 16.2. The molecule has 29 heavy (non-hydrogen) atoms. The zero-order chi connectivity index (χ0) is 20.5. The lowest BCUT2D eigenvalue weighted by Gasteiger charge is -2.09. The number of hydrogen-bond acceptors (Lipinski definition) is 5. The molecule has 0 fully saturated rings. The van der Waals surface area contributed by atoms with Gasteiger partial charge in [0.25, 0.3) is 5.56 Å². The van der Waals surface area contributed by atoms with E-state index >= 15 is 0 Å². The molecule has 1 N–H and O–H groups in total. The van der Waals surface area contributed by atoms with Crippen molar-refractivity contribution in [3.8, 4) is 5.69 Å². The van der Waals surface area contributed by atoms with E-state index in [9.17, 15) is 14.4 Å². The molecule has 0 aliphatic rings. The molecule has 0 aliphatic carbocycles. The molecule has 1 amide bonds. The normalized spacial score (nSPS) is 11.1. The van der Waals surface area contributed by atoms with Gasteiger partial charge in [-0.2, -0.15) is 5.10 Å². The Balaban J connectivity index is 1.50. The third-order valence-corrected chi connectivity index (χ3v) is 4.65. The molecule has 3 aromatic heterocycles. The van der Waals surface area contributed by atoms with Crippen molar-refractivity contribution < 1.29 is 4.79 Å². The standard InChI is InChI=1S/C19H19N7O3/c1-23-12-21-17-16(23)18(28)25(19(29)24(17)2)11-15(27)20-8-13-9-22-26(10-13)14-6-4-3-5-7-14/h3-7,9-10,12H,8,11H2,1-2H3,(H,20,27). The van der Waals surface area contributed by atoms with Crippen molar-refractivity contribution in [2.45, 2.75) is 13.1 Å². The van der Waals surface area contributed by atoms with Crippen LogP contribution in [0.4, 0.5) is 0 Å². The molecule has 4 aromatic rings. The van der Waals surface area contributed by atoms with E-state index < -0.39 is 17.2 Å². The number of fused-ring (bicyclic) bond motifs is 1. The lowest BCUT2D eigenvalue weighted by atomic mass is 10.3. The minimum Gasteiger partial charge on any atom is -0.350 e. The van der Waals surface area contributed by atoms with Crippen molar-refractivity contribution in [3.63, 3.8) is 0 Å². The fourth-order valence-electron chi connectivity index (χ4n) is 3.11. The monoisotopic (exact) mass is 393 g/mol. The van der Waals surface area contributed by atoms with Gasteiger partial charge in [-0.1, -0.05) is 18.2 Å². The summed E-state index contributed by atoms with van der Waals surface area (Å²) in [5.41, 5.74) is 1.12. The van der Waals surface area contributed by atoms with E-state index in [1.54, 1.807) is 17.9 Å². The van der Waals surface area contributed by atoms with E-state index in [0.29, 0.717) is 0 Å². The molecule has 0 bridgehead atoms. The smallest absolute Gasteiger partial charge is 0.332 e. The van der Waals surface area contributed by atoms with Gasteiger partial charge in [0.2, 0.25) is 5.91 Å². The number of nitrogens with zero attached hydrogens (tertiary/aromatic N) is 6. The van der Waals surface area contributed by atoms with Crippen LogP contribution in [0.1, 0.15) is 5.56 Å². The summed E-state index contributed by atoms with van der Waals surface area (Å²) in [6.07, 6.45) is 4.92. The zero-order valence-corrected chi connectivity index (χ0v) is 15.9. The third-order valence-electron chi connectivity index (χ3n) is 4.65. The number of benzene rings is 1. The van der Waals surface area contributed by atoms with Gasteiger partial charge in [0.1, 0.15) is 6.54 Å². The minimum absolute atomic E-state index is 0.231. The highest BCUT2D eigenvalue weighted by molar-refractivity contribution is 5.76. The van der Waals surface area contributed by atoms with Crippen LogP contribution in [0.3, 0.4) is 0 Å². The molecular weight excluding hydrogens is 374 g/mol. The number of hydrogen-bond donors (Lipinski definition) is 1. The topological polar surface area (TPSA) is 109 Å². The van der Waals surface area contributed by atoms with Crippen LogP contribution in [-0.2, 0) is 32.0 Å². The number of imidazole rings is 1. The molecule has 10 heteroatoms. The first-order valence-electron chi connectivity index (χ1n) is 8.92. The van der Waals surface area contributed by atoms with E-state index in [-0.39, 0.29) is 24.3 Å². The van der Waals surface area contributed by atoms with E-state index in [4.69, 9.17) is 0 Å². The summed E-state index contributed by atoms with van der Waals surface area (Å²) in [6, 6.07) is 9.59. The van der Waals surface area contributed by atoms with Gasteiger partial charge in [0, 0.05) is 32.4 Å². The van der Waals surface area contributed by atoms with Gasteiger partial charge in [-0.25, -0.2) is 19.0 Å². The number of rotatable bonds is 5. The molecular formula is C19H19N7O3. The van der Waals surface area contributed by atoms with Crippen LogP contribution in [0, 0.1) is 0 Å². The summed E-state index contributed by atoms with van der Waals surface area (Å²) in [7, 11) is 3.18. The molecule has 0 spiro atoms. The first kappa shape index (κ1) is 18.4. The summed E-state index contributed by atoms with van der Waals surface area (Å²) in [5, 5.41) is 6.99. The predicted octanol–water partition coefficient (Wildman–Crippen LogP) is -0.0642. The van der Waals surface area contributed by atoms with Crippen LogP contribution in [0.5, 0.6) is 0 Å². The maximum Gasteiger partial charge on any atom is 0.332 e. The van der Waals surface area contributed by atoms with Gasteiger partial charge in [0.15, 0.2) is 11.2 Å². The van der Waals surface area contributed by atoms with E-state index in [2.05, 4.69) is 15.4 Å². The van der Waals surface area contributed by atoms with Crippen molar-refractivity contribution in [1.29, 1.82) is 0 Å². The number of carbonyl (C=O) groups excluding carboxylic acids is 1. The van der Waals surface area contributed by atoms with Gasteiger partial charge in [-0.05, 0) is 12.1 Å². The maximum absolute atomic E-state index is 12.6. The fourth-order valence-corrected chi connectivity index (χ4v) is 3.11. The van der Waals surface area contributed by atoms with E-state index in [1.165, 1.54) is 22.5 Å². The summed E-state index contributed by atoms with van der Waals surface area (Å²) in [5.74, 6) is -0.446. The second-order valence-corrected chi connectivity index (χ2v) is 6.67. The Morgan fingerprint density at radius 2 is 1.90 bits per heavy atom. The Morgan fingerprint density at radius 3 is 2.66 bits per heavy atom. The van der Waals surface area contributed by atoms with Gasteiger partial charge in [0.05, 0.1) is 18.2 Å². The Bertz CT molecular complexity index is 1310. The van der Waals surface area contributed by atoms with Crippen molar-refractivity contribution in [2.24, 2.45) is 14.1 Å². The molecule has 0 saturated carbocycles. The molecule has 0 radical (unpaired) electrons. The second-order valence-electron chi connectivity index (χ2n) is 6.67. The molecule has 0 aliphatic heterocycles. The summed E-state index contributed by atoms with van der Waals surface area (Å²) in [4.78, 5) is 41.5. The zero-order valence-electron chi connectivity index (χ0n) is 15.9. The highest BCUT2D eigenvalue weighted by Crippen LogP contribution is 2.07. The first-order chi connectivity index (χ1) is 14.0. The van der Waals surface area contributed by atoms with Crippen LogP contribution in [0.15, 0.2) is 58.6 Å². The Hall–Kier alpha value is -3.95. The quantitative estimate of drug-likeness (QED) is 0.511. The summed E-state index contributed by atoms with van der Waals surface area (Å²) in [6.45, 7) is -0.145. The maximum atomic E-state index is 12.6. The number of aromatic nitrogens is 6. The lowest BCUT2D eigenvalue weighted by Crippen LogP contribution is -2.43. The molecule has 3 heterocycles. The van der Waals surface area contributed by atoms with Gasteiger partial charge < -0.3 is 9.88 Å². The third kappa shape index (κ3) is 3.35. The fraction of sp³-hybridized carbons (Fsp3) is 0.211. The molecule has 1 aromatic carbocycles. The molecule has 4 rings (SSSR count). The SMILES string of the molecule is Cn1cnc2c1c(=O)n(CC(=O)NCc1cnn(-c3ccccc3)c1)c(=O)n2C. The van der Waals surface area contributed by atoms with Crippen molar-refractivity contribution >= 4 is 17.1 Å². The van der Waals surface area contributed by atoms with Crippen LogP contribution in [0.25, 0.3) is 16.9 Å². The summed E-state index contributed by atoms with van der Waals surface area (Å²) < 4.78 is 5.40. The summed E-state index contributed by atoms with van der Waals surface area (Å²) >= 11 is 0. The minimum atomic E-state index is -0.590. The first-order valence-corrected chi connectivity index (χ1v) is 8.92. The molecule has 10 nitrogen and oxygen atoms in total. The molecule has 148 valence electrons. The Labute approximate surface area is 164 Å². The number of para-hydroxylation sites is 1. The van der Waals surface area contributed by atoms with Gasteiger partial charge in [-0.3, -0.25) is 14.2 Å². The average Bonchev–Trinajstić information content (AvgIpc) is 3.36. The van der Waals surface area contributed by atoms with Crippen LogP contribution >= 0.6 is 0 Å². The van der Waals surface area contributed by atoms with Gasteiger partial charge >= 0.3 is 5.69 Å². The number of nitrogens with one attached hydrogen (secondary N) is 1. The lowest BCUT2D eigenvalue weighted by molar-refractivity contribution is -0.121. The van der Waals surface area contributed by atoms with Crippen LogP contribution in [-0.4, -0.2) is 34.4 Å². The van der Waals surface area contributed by atoms with Crippen molar-refractivity contribution in [3.05, 3.63) is 75.5 Å². The van der Waals surface area contributed by atoms with Crippen LogP contribution in [0.2, 0.25) is 0 Å². The van der Waals surface area contributed by atoms with Crippen molar-refractivity contribution in [1.82, 2.24) is 33.8 Å². The largest absolute Gasteiger partial charge is 0.350 e. The highest BCUT2D eigenvalue weighted by Gasteiger charge is 2.17. The number of aryl methyl sites for hydroxylation is 2. The number of amides is 1. The Morgan fingerprint density at radius 1 is 1.14 bits per heavy atom. The molecule has 0 unspecified atom stereocenters. The van der Waals surface area contributed by atoms with Gasteiger partial charge in [-0.15, -0.1) is 0 Å². The number of carbonyl (C=O) groups is 1. The average molecular weight is 393 g/mol. The Kier molecular flexibility index (Phi) is 4.59. The van der Waals surface area contributed by atoms with E-state index in [0.717, 1.165) is 15.8 Å².